The molecule has 0 spiro atoms. The summed E-state index contributed by atoms with van der Waals surface area (Å²) in [7, 11) is 0. The summed E-state index contributed by atoms with van der Waals surface area (Å²) in [5.74, 6) is 0. The maximum Gasteiger partial charge on any atom is 0.0317 e. The number of nitrogens with two attached hydrogens (primary N) is 1. The molecule has 0 radical (unpaired) electrons. The van der Waals surface area contributed by atoms with Crippen molar-refractivity contribution in [2.45, 2.75) is 38.3 Å². The molecule has 0 saturated carbocycles. The Labute approximate surface area is 140 Å². The Balaban J connectivity index is 0.00000110. The van der Waals surface area contributed by atoms with Gasteiger partial charge in [0.2, 0.25) is 0 Å². The van der Waals surface area contributed by atoms with Crippen molar-refractivity contribution < 1.29 is 0 Å². The van der Waals surface area contributed by atoms with Gasteiger partial charge in [0.1, 0.15) is 0 Å². The molecule has 120 valence electrons. The van der Waals surface area contributed by atoms with Crippen LogP contribution >= 0.6 is 24.8 Å². The van der Waals surface area contributed by atoms with E-state index in [9.17, 15) is 0 Å². The standard InChI is InChI=1S/C16H25N3.2ClH/c17-15-6-4-5-14(11-15)12-18-10-7-16(13-18)19-8-2-1-3-9-19;;/h4-6,11,16H,1-3,7-10,12-13,17H2;2*1H. The first-order valence-corrected chi connectivity index (χ1v) is 7.62. The quantitative estimate of drug-likeness (QED) is 0.863. The van der Waals surface area contributed by atoms with Crippen molar-refractivity contribution in [2.75, 3.05) is 31.9 Å². The second kappa shape index (κ2) is 8.84. The van der Waals surface area contributed by atoms with Crippen molar-refractivity contribution in [1.82, 2.24) is 9.80 Å². The van der Waals surface area contributed by atoms with Crippen molar-refractivity contribution in [2.24, 2.45) is 0 Å². The lowest BCUT2D eigenvalue weighted by Gasteiger charge is -2.32. The largest absolute Gasteiger partial charge is 0.399 e. The fourth-order valence-corrected chi connectivity index (χ4v) is 3.49. The number of hydrogen-bond donors (Lipinski definition) is 1. The Morgan fingerprint density at radius 1 is 1.05 bits per heavy atom. The first-order valence-electron chi connectivity index (χ1n) is 7.62. The zero-order chi connectivity index (χ0) is 13.1. The van der Waals surface area contributed by atoms with E-state index in [1.54, 1.807) is 0 Å². The van der Waals surface area contributed by atoms with Gasteiger partial charge >= 0.3 is 0 Å². The van der Waals surface area contributed by atoms with E-state index in [4.69, 9.17) is 5.73 Å². The van der Waals surface area contributed by atoms with E-state index in [2.05, 4.69) is 28.0 Å². The van der Waals surface area contributed by atoms with Gasteiger partial charge in [-0.1, -0.05) is 18.6 Å². The molecule has 1 atom stereocenters. The monoisotopic (exact) mass is 331 g/mol. The highest BCUT2D eigenvalue weighted by molar-refractivity contribution is 5.85. The Kier molecular flexibility index (Phi) is 7.82. The van der Waals surface area contributed by atoms with Crippen molar-refractivity contribution in [3.05, 3.63) is 29.8 Å². The van der Waals surface area contributed by atoms with Crippen LogP contribution < -0.4 is 5.73 Å². The number of likely N-dealkylation sites (tertiary alicyclic amines) is 2. The van der Waals surface area contributed by atoms with Gasteiger partial charge < -0.3 is 5.73 Å². The van der Waals surface area contributed by atoms with E-state index >= 15 is 0 Å². The van der Waals surface area contributed by atoms with E-state index in [-0.39, 0.29) is 24.8 Å². The third kappa shape index (κ3) is 5.03. The van der Waals surface area contributed by atoms with Crippen LogP contribution in [0.3, 0.4) is 0 Å². The third-order valence-electron chi connectivity index (χ3n) is 4.51. The van der Waals surface area contributed by atoms with Gasteiger partial charge in [-0.05, 0) is 50.0 Å². The third-order valence-corrected chi connectivity index (χ3v) is 4.51. The van der Waals surface area contributed by atoms with Crippen LogP contribution in [0.2, 0.25) is 0 Å². The van der Waals surface area contributed by atoms with Gasteiger partial charge in [-0.3, -0.25) is 9.80 Å². The lowest BCUT2D eigenvalue weighted by atomic mass is 10.1. The Morgan fingerprint density at radius 3 is 2.52 bits per heavy atom. The SMILES string of the molecule is Cl.Cl.Nc1cccc(CN2CCC(N3CCCCC3)C2)c1. The van der Waals surface area contributed by atoms with E-state index < -0.39 is 0 Å². The Hall–Kier alpha value is -0.480. The number of piperidine rings is 1. The molecule has 2 heterocycles. The summed E-state index contributed by atoms with van der Waals surface area (Å²) in [6, 6.07) is 9.10. The second-order valence-electron chi connectivity index (χ2n) is 6.02. The van der Waals surface area contributed by atoms with Crippen molar-refractivity contribution in [3.63, 3.8) is 0 Å². The van der Waals surface area contributed by atoms with E-state index in [0.717, 1.165) is 18.3 Å². The van der Waals surface area contributed by atoms with Gasteiger partial charge in [-0.25, -0.2) is 0 Å². The predicted molar refractivity (Wildman–Crippen MR) is 94.5 cm³/mol. The van der Waals surface area contributed by atoms with Crippen LogP contribution in [0.15, 0.2) is 24.3 Å². The number of anilines is 1. The van der Waals surface area contributed by atoms with Gasteiger partial charge in [-0.2, -0.15) is 0 Å². The molecule has 0 bridgehead atoms. The number of benzene rings is 1. The molecule has 0 aromatic heterocycles. The lowest BCUT2D eigenvalue weighted by Crippen LogP contribution is -2.40. The summed E-state index contributed by atoms with van der Waals surface area (Å²) in [6.45, 7) is 6.15. The summed E-state index contributed by atoms with van der Waals surface area (Å²) in [4.78, 5) is 5.29. The fourth-order valence-electron chi connectivity index (χ4n) is 3.49. The van der Waals surface area contributed by atoms with Gasteiger partial charge in [0.15, 0.2) is 0 Å². The molecule has 2 fully saturated rings. The van der Waals surface area contributed by atoms with Crippen molar-refractivity contribution in [3.8, 4) is 0 Å². The highest BCUT2D eigenvalue weighted by Crippen LogP contribution is 2.21. The first kappa shape index (κ1) is 18.6. The Bertz CT molecular complexity index is 422. The molecule has 1 aromatic carbocycles. The van der Waals surface area contributed by atoms with Crippen molar-refractivity contribution in [1.29, 1.82) is 0 Å². The van der Waals surface area contributed by atoms with E-state index in [1.165, 1.54) is 57.4 Å². The number of rotatable bonds is 3. The minimum Gasteiger partial charge on any atom is -0.399 e. The number of halogens is 2. The lowest BCUT2D eigenvalue weighted by molar-refractivity contribution is 0.161. The number of nitrogen functional groups attached to an aromatic ring is 1. The molecule has 2 aliphatic rings. The zero-order valence-corrected chi connectivity index (χ0v) is 14.2. The highest BCUT2D eigenvalue weighted by Gasteiger charge is 2.28. The van der Waals surface area contributed by atoms with Crippen LogP contribution in [0.5, 0.6) is 0 Å². The molecule has 0 amide bonds. The molecule has 3 rings (SSSR count). The minimum atomic E-state index is 0. The van der Waals surface area contributed by atoms with E-state index in [0.29, 0.717) is 0 Å². The molecule has 3 nitrogen and oxygen atoms in total. The highest BCUT2D eigenvalue weighted by atomic mass is 35.5. The van der Waals surface area contributed by atoms with Crippen LogP contribution in [0.25, 0.3) is 0 Å². The molecule has 2 N–H and O–H groups in total. The van der Waals surface area contributed by atoms with Gasteiger partial charge in [-0.15, -0.1) is 24.8 Å². The van der Waals surface area contributed by atoms with Crippen LogP contribution in [0.4, 0.5) is 5.69 Å². The number of nitrogens with zero attached hydrogens (tertiary/aromatic N) is 2. The van der Waals surface area contributed by atoms with Crippen LogP contribution in [0, 0.1) is 0 Å². The smallest absolute Gasteiger partial charge is 0.0317 e. The first-order chi connectivity index (χ1) is 9.31. The Morgan fingerprint density at radius 2 is 1.81 bits per heavy atom. The zero-order valence-electron chi connectivity index (χ0n) is 12.5. The summed E-state index contributed by atoms with van der Waals surface area (Å²) in [5.41, 5.74) is 8.08. The summed E-state index contributed by atoms with van der Waals surface area (Å²) >= 11 is 0. The number of hydrogen-bond acceptors (Lipinski definition) is 3. The average molecular weight is 332 g/mol. The second-order valence-corrected chi connectivity index (χ2v) is 6.02. The molecule has 1 unspecified atom stereocenters. The maximum atomic E-state index is 5.85. The molecular weight excluding hydrogens is 305 g/mol. The normalized spacial score (nSPS) is 23.3. The summed E-state index contributed by atoms with van der Waals surface area (Å²) < 4.78 is 0. The maximum absolute atomic E-state index is 5.85. The van der Waals surface area contributed by atoms with Gasteiger partial charge in [0.05, 0.1) is 0 Å². The van der Waals surface area contributed by atoms with Crippen LogP contribution in [0.1, 0.15) is 31.2 Å². The molecule has 5 heteroatoms. The molecule has 2 aliphatic heterocycles. The molecular formula is C16H27Cl2N3. The van der Waals surface area contributed by atoms with Gasteiger partial charge in [0, 0.05) is 31.4 Å². The summed E-state index contributed by atoms with van der Waals surface area (Å²) in [5, 5.41) is 0. The van der Waals surface area contributed by atoms with Gasteiger partial charge in [0.25, 0.3) is 0 Å². The van der Waals surface area contributed by atoms with Crippen molar-refractivity contribution >= 4 is 30.5 Å². The van der Waals surface area contributed by atoms with E-state index in [1.807, 2.05) is 6.07 Å². The average Bonchev–Trinajstić information content (AvgIpc) is 2.88. The van der Waals surface area contributed by atoms with Crippen LogP contribution in [-0.4, -0.2) is 42.0 Å². The summed E-state index contributed by atoms with van der Waals surface area (Å²) in [6.07, 6.45) is 5.55. The minimum absolute atomic E-state index is 0. The molecule has 0 aliphatic carbocycles. The molecule has 1 aromatic rings. The van der Waals surface area contributed by atoms with Crippen LogP contribution in [-0.2, 0) is 6.54 Å². The topological polar surface area (TPSA) is 32.5 Å². The fraction of sp³-hybridized carbons (Fsp3) is 0.625. The molecule has 2 saturated heterocycles. The predicted octanol–water partition coefficient (Wildman–Crippen LogP) is 3.17. The molecule has 21 heavy (non-hydrogen) atoms.